The molecule has 1 heteroatoms. The molecule has 1 rings (SSSR count). The second-order valence-electron chi connectivity index (χ2n) is 5.65. The molecule has 1 heterocycles. The minimum atomic E-state index is 0.689. The van der Waals surface area contributed by atoms with Crippen molar-refractivity contribution in [3.8, 4) is 0 Å². The number of aromatic nitrogens is 1. The van der Waals surface area contributed by atoms with Crippen LogP contribution in [0.25, 0.3) is 0 Å². The van der Waals surface area contributed by atoms with Gasteiger partial charge in [-0.2, -0.15) is 0 Å². The fourth-order valence-corrected chi connectivity index (χ4v) is 2.69. The normalized spacial score (nSPS) is 12.5. The van der Waals surface area contributed by atoms with Gasteiger partial charge in [0, 0.05) is 17.8 Å². The summed E-state index contributed by atoms with van der Waals surface area (Å²) in [5.41, 5.74) is 1.31. The highest BCUT2D eigenvalue weighted by Crippen LogP contribution is 2.26. The lowest BCUT2D eigenvalue weighted by Gasteiger charge is -2.16. The van der Waals surface area contributed by atoms with E-state index in [1.165, 1.54) is 69.9 Å². The van der Waals surface area contributed by atoms with Crippen LogP contribution in [0.15, 0.2) is 24.4 Å². The second kappa shape index (κ2) is 11.0. The molecule has 0 bridgehead atoms. The molecule has 1 nitrogen and oxygen atoms in total. The van der Waals surface area contributed by atoms with Gasteiger partial charge in [0.05, 0.1) is 0 Å². The van der Waals surface area contributed by atoms with Crippen molar-refractivity contribution in [2.75, 3.05) is 0 Å². The lowest BCUT2D eigenvalue weighted by molar-refractivity contribution is 0.490. The molecule has 0 saturated heterocycles. The maximum Gasteiger partial charge on any atom is 0.0434 e. The van der Waals surface area contributed by atoms with Gasteiger partial charge in [-0.3, -0.25) is 4.98 Å². The van der Waals surface area contributed by atoms with E-state index in [4.69, 9.17) is 0 Å². The van der Waals surface area contributed by atoms with Crippen LogP contribution in [0.1, 0.15) is 89.7 Å². The molecule has 0 saturated carbocycles. The summed E-state index contributed by atoms with van der Waals surface area (Å²) in [7, 11) is 0. The van der Waals surface area contributed by atoms with Gasteiger partial charge < -0.3 is 0 Å². The lowest BCUT2D eigenvalue weighted by atomic mass is 9.91. The Morgan fingerprint density at radius 2 is 1.47 bits per heavy atom. The van der Waals surface area contributed by atoms with Crippen LogP contribution in [0, 0.1) is 0 Å². The van der Waals surface area contributed by atoms with E-state index in [9.17, 15) is 0 Å². The van der Waals surface area contributed by atoms with Crippen molar-refractivity contribution < 1.29 is 0 Å². The molecular formula is C18H31N. The zero-order chi connectivity index (χ0) is 13.8. The summed E-state index contributed by atoms with van der Waals surface area (Å²) in [5.74, 6) is 0.689. The van der Waals surface area contributed by atoms with E-state index >= 15 is 0 Å². The topological polar surface area (TPSA) is 12.9 Å². The quantitative estimate of drug-likeness (QED) is 0.438. The van der Waals surface area contributed by atoms with E-state index in [-0.39, 0.29) is 0 Å². The van der Waals surface area contributed by atoms with Crippen molar-refractivity contribution in [1.29, 1.82) is 0 Å². The van der Waals surface area contributed by atoms with Crippen molar-refractivity contribution >= 4 is 0 Å². The van der Waals surface area contributed by atoms with Crippen molar-refractivity contribution in [3.63, 3.8) is 0 Å². The lowest BCUT2D eigenvalue weighted by Crippen LogP contribution is -2.02. The summed E-state index contributed by atoms with van der Waals surface area (Å²) in [5, 5.41) is 0. The molecule has 1 unspecified atom stereocenters. The van der Waals surface area contributed by atoms with Crippen LogP contribution in [-0.2, 0) is 0 Å². The maximum absolute atomic E-state index is 4.57. The predicted molar refractivity (Wildman–Crippen MR) is 84.5 cm³/mol. The summed E-state index contributed by atoms with van der Waals surface area (Å²) < 4.78 is 0. The van der Waals surface area contributed by atoms with Gasteiger partial charge in [0.15, 0.2) is 0 Å². The van der Waals surface area contributed by atoms with Crippen molar-refractivity contribution in [3.05, 3.63) is 30.1 Å². The Bertz CT molecular complexity index is 294. The van der Waals surface area contributed by atoms with E-state index in [2.05, 4.69) is 31.0 Å². The monoisotopic (exact) mass is 261 g/mol. The van der Waals surface area contributed by atoms with E-state index < -0.39 is 0 Å². The molecule has 0 fully saturated rings. The van der Waals surface area contributed by atoms with Gasteiger partial charge in [-0.05, 0) is 25.0 Å². The first-order valence-electron chi connectivity index (χ1n) is 8.29. The van der Waals surface area contributed by atoms with E-state index in [1.807, 2.05) is 12.3 Å². The molecule has 0 aliphatic heterocycles. The Morgan fingerprint density at radius 3 is 2.11 bits per heavy atom. The maximum atomic E-state index is 4.57. The molecule has 19 heavy (non-hydrogen) atoms. The summed E-state index contributed by atoms with van der Waals surface area (Å²) >= 11 is 0. The fraction of sp³-hybridized carbons (Fsp3) is 0.722. The average Bonchev–Trinajstić information content (AvgIpc) is 2.46. The standard InChI is InChI=1S/C18H31N/c1-3-5-7-8-10-14-17(13-9-6-4-2)18-15-11-12-16-19-18/h11-12,15-17H,3-10,13-14H2,1-2H3. The number of hydrogen-bond donors (Lipinski definition) is 0. The van der Waals surface area contributed by atoms with Crippen molar-refractivity contribution in [2.24, 2.45) is 0 Å². The minimum Gasteiger partial charge on any atom is -0.261 e. The van der Waals surface area contributed by atoms with E-state index in [0.717, 1.165) is 0 Å². The molecule has 0 aliphatic rings. The Balaban J connectivity index is 2.36. The molecule has 0 aliphatic carbocycles. The molecule has 0 aromatic carbocycles. The molecule has 1 aromatic rings. The second-order valence-corrected chi connectivity index (χ2v) is 5.65. The number of nitrogens with zero attached hydrogens (tertiary/aromatic N) is 1. The summed E-state index contributed by atoms with van der Waals surface area (Å²) in [6.45, 7) is 4.56. The van der Waals surface area contributed by atoms with E-state index in [1.54, 1.807) is 0 Å². The molecular weight excluding hydrogens is 230 g/mol. The molecule has 1 atom stereocenters. The third kappa shape index (κ3) is 7.34. The first-order chi connectivity index (χ1) is 9.38. The zero-order valence-electron chi connectivity index (χ0n) is 12.9. The Hall–Kier alpha value is -0.850. The number of rotatable bonds is 11. The smallest absolute Gasteiger partial charge is 0.0434 e. The van der Waals surface area contributed by atoms with Gasteiger partial charge in [0.2, 0.25) is 0 Å². The summed E-state index contributed by atoms with van der Waals surface area (Å²) in [6.07, 6.45) is 15.5. The van der Waals surface area contributed by atoms with Crippen molar-refractivity contribution in [2.45, 2.75) is 84.0 Å². The van der Waals surface area contributed by atoms with Crippen LogP contribution in [0.3, 0.4) is 0 Å². The van der Waals surface area contributed by atoms with Gasteiger partial charge in [-0.25, -0.2) is 0 Å². The third-order valence-electron chi connectivity index (χ3n) is 3.92. The fourth-order valence-electron chi connectivity index (χ4n) is 2.69. The molecule has 0 radical (unpaired) electrons. The van der Waals surface area contributed by atoms with Gasteiger partial charge in [0.1, 0.15) is 0 Å². The third-order valence-corrected chi connectivity index (χ3v) is 3.92. The highest BCUT2D eigenvalue weighted by molar-refractivity contribution is 5.09. The van der Waals surface area contributed by atoms with Crippen molar-refractivity contribution in [1.82, 2.24) is 4.98 Å². The summed E-state index contributed by atoms with van der Waals surface area (Å²) in [6, 6.07) is 6.36. The Kier molecular flexibility index (Phi) is 9.40. The Labute approximate surface area is 119 Å². The molecule has 0 amide bonds. The van der Waals surface area contributed by atoms with Gasteiger partial charge >= 0.3 is 0 Å². The molecule has 1 aromatic heterocycles. The van der Waals surface area contributed by atoms with Crippen LogP contribution in [-0.4, -0.2) is 4.98 Å². The Morgan fingerprint density at radius 1 is 0.842 bits per heavy atom. The SMILES string of the molecule is CCCCCCCC(CCCCC)c1ccccn1. The van der Waals surface area contributed by atoms with Crippen LogP contribution in [0.2, 0.25) is 0 Å². The van der Waals surface area contributed by atoms with Crippen LogP contribution in [0.4, 0.5) is 0 Å². The first kappa shape index (κ1) is 16.2. The highest BCUT2D eigenvalue weighted by Gasteiger charge is 2.11. The van der Waals surface area contributed by atoms with Gasteiger partial charge in [-0.15, -0.1) is 0 Å². The highest BCUT2D eigenvalue weighted by atomic mass is 14.7. The zero-order valence-corrected chi connectivity index (χ0v) is 12.9. The minimum absolute atomic E-state index is 0.689. The first-order valence-corrected chi connectivity index (χ1v) is 8.29. The van der Waals surface area contributed by atoms with Gasteiger partial charge in [-0.1, -0.05) is 71.3 Å². The molecule has 0 N–H and O–H groups in total. The number of pyridine rings is 1. The molecule has 108 valence electrons. The van der Waals surface area contributed by atoms with Gasteiger partial charge in [0.25, 0.3) is 0 Å². The largest absolute Gasteiger partial charge is 0.261 e. The summed E-state index contributed by atoms with van der Waals surface area (Å²) in [4.78, 5) is 4.57. The van der Waals surface area contributed by atoms with Crippen LogP contribution >= 0.6 is 0 Å². The van der Waals surface area contributed by atoms with Crippen LogP contribution < -0.4 is 0 Å². The molecule has 0 spiro atoms. The van der Waals surface area contributed by atoms with E-state index in [0.29, 0.717) is 5.92 Å². The number of unbranched alkanes of at least 4 members (excludes halogenated alkanes) is 6. The average molecular weight is 261 g/mol. The predicted octanol–water partition coefficient (Wildman–Crippen LogP) is 6.11. The van der Waals surface area contributed by atoms with Crippen LogP contribution in [0.5, 0.6) is 0 Å². The number of hydrogen-bond acceptors (Lipinski definition) is 1.